The molecule has 1 unspecified atom stereocenters. The predicted molar refractivity (Wildman–Crippen MR) is 110 cm³/mol. The molecule has 0 saturated carbocycles. The van der Waals surface area contributed by atoms with Gasteiger partial charge in [-0.25, -0.2) is 17.2 Å². The molecule has 0 spiro atoms. The first-order valence-electron chi connectivity index (χ1n) is 10.00. The number of rotatable bonds is 7. The van der Waals surface area contributed by atoms with Crippen molar-refractivity contribution in [2.75, 3.05) is 20.1 Å². The lowest BCUT2D eigenvalue weighted by Crippen LogP contribution is -2.30. The van der Waals surface area contributed by atoms with E-state index >= 15 is 0 Å². The fourth-order valence-corrected chi connectivity index (χ4v) is 5.06. The van der Waals surface area contributed by atoms with Gasteiger partial charge in [0.2, 0.25) is 15.9 Å². The van der Waals surface area contributed by atoms with Gasteiger partial charge in [-0.1, -0.05) is 18.2 Å². The molecule has 0 N–H and O–H groups in total. The molecule has 1 aliphatic rings. The van der Waals surface area contributed by atoms with Crippen LogP contribution in [-0.4, -0.2) is 43.7 Å². The molecule has 1 saturated heterocycles. The zero-order valence-electron chi connectivity index (χ0n) is 17.1. The second kappa shape index (κ2) is 9.22. The minimum Gasteiger partial charge on any atom is -0.339 e. The molecule has 162 valence electrons. The van der Waals surface area contributed by atoms with E-state index in [1.807, 2.05) is 0 Å². The van der Waals surface area contributed by atoms with E-state index < -0.39 is 27.7 Å². The molecule has 1 aliphatic heterocycles. The molecule has 0 bridgehead atoms. The SMILES string of the molecule is CC(c1ccc(F)c(F)c1)N(C)C(=O)CCc1ccc(S(=O)(=O)N2CCCC2)cc1. The van der Waals surface area contributed by atoms with Gasteiger partial charge in [-0.3, -0.25) is 4.79 Å². The van der Waals surface area contributed by atoms with Crippen molar-refractivity contribution in [2.45, 2.75) is 43.5 Å². The Labute approximate surface area is 176 Å². The largest absolute Gasteiger partial charge is 0.339 e. The Hall–Kier alpha value is -2.32. The highest BCUT2D eigenvalue weighted by Crippen LogP contribution is 2.23. The standard InChI is InChI=1S/C22H26F2N2O3S/c1-16(18-8-11-20(23)21(24)15-18)25(2)22(27)12-7-17-5-9-19(10-6-17)30(28,29)26-13-3-4-14-26/h5-6,8-11,15-16H,3-4,7,12-14H2,1-2H3. The van der Waals surface area contributed by atoms with E-state index in [1.165, 1.54) is 15.3 Å². The van der Waals surface area contributed by atoms with Crippen LogP contribution in [0.1, 0.15) is 43.4 Å². The number of carbonyl (C=O) groups is 1. The Balaban J connectivity index is 1.59. The van der Waals surface area contributed by atoms with E-state index in [4.69, 9.17) is 0 Å². The van der Waals surface area contributed by atoms with Gasteiger partial charge >= 0.3 is 0 Å². The van der Waals surface area contributed by atoms with Crippen LogP contribution in [0.5, 0.6) is 0 Å². The summed E-state index contributed by atoms with van der Waals surface area (Å²) >= 11 is 0. The molecule has 2 aromatic rings. The topological polar surface area (TPSA) is 57.7 Å². The number of aryl methyl sites for hydroxylation is 1. The summed E-state index contributed by atoms with van der Waals surface area (Å²) in [6.45, 7) is 2.87. The van der Waals surface area contributed by atoms with Crippen LogP contribution in [0, 0.1) is 11.6 Å². The molecule has 0 radical (unpaired) electrons. The highest BCUT2D eigenvalue weighted by Gasteiger charge is 2.27. The van der Waals surface area contributed by atoms with Gasteiger partial charge in [-0.05, 0) is 61.6 Å². The van der Waals surface area contributed by atoms with Crippen LogP contribution in [-0.2, 0) is 21.2 Å². The number of halogens is 2. The van der Waals surface area contributed by atoms with Crippen molar-refractivity contribution < 1.29 is 22.0 Å². The summed E-state index contributed by atoms with van der Waals surface area (Å²) in [6.07, 6.45) is 2.45. The number of amides is 1. The van der Waals surface area contributed by atoms with Gasteiger partial charge in [0.15, 0.2) is 11.6 Å². The van der Waals surface area contributed by atoms with Crippen LogP contribution in [0.2, 0.25) is 0 Å². The van der Waals surface area contributed by atoms with Crippen molar-refractivity contribution >= 4 is 15.9 Å². The normalized spacial score (nSPS) is 15.9. The highest BCUT2D eigenvalue weighted by atomic mass is 32.2. The minimum atomic E-state index is -3.45. The average molecular weight is 437 g/mol. The maximum absolute atomic E-state index is 13.5. The van der Waals surface area contributed by atoms with Gasteiger partial charge in [0.1, 0.15) is 0 Å². The molecule has 2 aromatic carbocycles. The van der Waals surface area contributed by atoms with Gasteiger partial charge < -0.3 is 4.90 Å². The Morgan fingerprint density at radius 2 is 1.70 bits per heavy atom. The van der Waals surface area contributed by atoms with E-state index in [0.29, 0.717) is 25.1 Å². The lowest BCUT2D eigenvalue weighted by molar-refractivity contribution is -0.131. The summed E-state index contributed by atoms with van der Waals surface area (Å²) < 4.78 is 53.2. The zero-order valence-corrected chi connectivity index (χ0v) is 18.0. The Bertz CT molecular complexity index is 1000. The maximum Gasteiger partial charge on any atom is 0.243 e. The molecule has 30 heavy (non-hydrogen) atoms. The quantitative estimate of drug-likeness (QED) is 0.662. The van der Waals surface area contributed by atoms with Gasteiger partial charge in [0.25, 0.3) is 0 Å². The second-order valence-corrected chi connectivity index (χ2v) is 9.55. The molecule has 1 fully saturated rings. The van der Waals surface area contributed by atoms with Crippen molar-refractivity contribution in [2.24, 2.45) is 0 Å². The Morgan fingerprint density at radius 1 is 1.07 bits per heavy atom. The predicted octanol–water partition coefficient (Wildman–Crippen LogP) is 3.90. The third-order valence-electron chi connectivity index (χ3n) is 5.65. The molecular formula is C22H26F2N2O3S. The van der Waals surface area contributed by atoms with Crippen LogP contribution < -0.4 is 0 Å². The van der Waals surface area contributed by atoms with Gasteiger partial charge in [0, 0.05) is 26.6 Å². The van der Waals surface area contributed by atoms with Crippen molar-refractivity contribution in [1.29, 1.82) is 0 Å². The molecule has 3 rings (SSSR count). The van der Waals surface area contributed by atoms with Crippen LogP contribution in [0.4, 0.5) is 8.78 Å². The summed E-state index contributed by atoms with van der Waals surface area (Å²) in [7, 11) is -1.82. The molecule has 1 heterocycles. The summed E-state index contributed by atoms with van der Waals surface area (Å²) in [5.74, 6) is -2.00. The summed E-state index contributed by atoms with van der Waals surface area (Å²) in [5.41, 5.74) is 1.37. The average Bonchev–Trinajstić information content (AvgIpc) is 3.29. The molecule has 1 amide bonds. The number of nitrogens with zero attached hydrogens (tertiary/aromatic N) is 2. The van der Waals surface area contributed by atoms with Gasteiger partial charge in [0.05, 0.1) is 10.9 Å². The van der Waals surface area contributed by atoms with E-state index in [2.05, 4.69) is 0 Å². The van der Waals surface area contributed by atoms with Crippen LogP contribution in [0.25, 0.3) is 0 Å². The van der Waals surface area contributed by atoms with Gasteiger partial charge in [-0.2, -0.15) is 4.31 Å². The number of benzene rings is 2. The van der Waals surface area contributed by atoms with E-state index in [-0.39, 0.29) is 17.2 Å². The maximum atomic E-state index is 13.5. The van der Waals surface area contributed by atoms with Gasteiger partial charge in [-0.15, -0.1) is 0 Å². The van der Waals surface area contributed by atoms with Crippen molar-refractivity contribution in [1.82, 2.24) is 9.21 Å². The first kappa shape index (κ1) is 22.4. The van der Waals surface area contributed by atoms with Crippen LogP contribution in [0.15, 0.2) is 47.4 Å². The second-order valence-electron chi connectivity index (χ2n) is 7.61. The molecule has 5 nitrogen and oxygen atoms in total. The molecule has 0 aromatic heterocycles. The smallest absolute Gasteiger partial charge is 0.243 e. The van der Waals surface area contributed by atoms with E-state index in [0.717, 1.165) is 30.5 Å². The minimum absolute atomic E-state index is 0.138. The number of hydrogen-bond donors (Lipinski definition) is 0. The van der Waals surface area contributed by atoms with E-state index in [9.17, 15) is 22.0 Å². The first-order valence-corrected chi connectivity index (χ1v) is 11.4. The third-order valence-corrected chi connectivity index (χ3v) is 7.57. The lowest BCUT2D eigenvalue weighted by Gasteiger charge is -2.25. The lowest BCUT2D eigenvalue weighted by atomic mass is 10.1. The van der Waals surface area contributed by atoms with E-state index in [1.54, 1.807) is 38.2 Å². The monoisotopic (exact) mass is 436 g/mol. The number of sulfonamides is 1. The highest BCUT2D eigenvalue weighted by molar-refractivity contribution is 7.89. The van der Waals surface area contributed by atoms with Crippen molar-refractivity contribution in [3.8, 4) is 0 Å². The van der Waals surface area contributed by atoms with Crippen molar-refractivity contribution in [3.05, 3.63) is 65.2 Å². The fraction of sp³-hybridized carbons (Fsp3) is 0.409. The molecule has 8 heteroatoms. The zero-order chi connectivity index (χ0) is 21.9. The molecular weight excluding hydrogens is 410 g/mol. The Morgan fingerprint density at radius 3 is 2.30 bits per heavy atom. The van der Waals surface area contributed by atoms with Crippen molar-refractivity contribution in [3.63, 3.8) is 0 Å². The molecule has 0 aliphatic carbocycles. The van der Waals surface area contributed by atoms with Crippen LogP contribution in [0.3, 0.4) is 0 Å². The molecule has 1 atom stereocenters. The summed E-state index contributed by atoms with van der Waals surface area (Å²) in [6, 6.07) is 9.85. The first-order chi connectivity index (χ1) is 14.2. The third kappa shape index (κ3) is 4.87. The number of hydrogen-bond acceptors (Lipinski definition) is 3. The van der Waals surface area contributed by atoms with Crippen LogP contribution >= 0.6 is 0 Å². The summed E-state index contributed by atoms with van der Waals surface area (Å²) in [5, 5.41) is 0. The number of carbonyl (C=O) groups excluding carboxylic acids is 1. The fourth-order valence-electron chi connectivity index (χ4n) is 3.55. The Kier molecular flexibility index (Phi) is 6.88. The summed E-state index contributed by atoms with van der Waals surface area (Å²) in [4.78, 5) is 14.3.